The normalized spacial score (nSPS) is 20.9. The van der Waals surface area contributed by atoms with Crippen LogP contribution in [0.25, 0.3) is 11.3 Å². The number of hydrogen-bond donors (Lipinski definition) is 3. The molecule has 2 aromatic rings. The van der Waals surface area contributed by atoms with E-state index < -0.39 is 12.1 Å². The van der Waals surface area contributed by atoms with E-state index in [1.165, 1.54) is 6.07 Å². The number of alkyl halides is 1. The molecule has 3 rings (SSSR count). The number of anilines is 2. The lowest BCUT2D eigenvalue weighted by Gasteiger charge is -2.27. The Labute approximate surface area is 157 Å². The molecule has 3 N–H and O–H groups in total. The Balaban J connectivity index is 1.85. The summed E-state index contributed by atoms with van der Waals surface area (Å²) in [6.45, 7) is 1.90. The van der Waals surface area contributed by atoms with Crippen molar-refractivity contribution in [1.82, 2.24) is 15.0 Å². The van der Waals surface area contributed by atoms with Crippen LogP contribution in [0.5, 0.6) is 0 Å². The van der Waals surface area contributed by atoms with Gasteiger partial charge in [-0.25, -0.2) is 14.4 Å². The highest BCUT2D eigenvalue weighted by atomic mass is 19.1. The molecule has 146 valence electrons. The summed E-state index contributed by atoms with van der Waals surface area (Å²) in [6.07, 6.45) is 3.81. The molecular weight excluding hydrogens is 352 g/mol. The van der Waals surface area contributed by atoms with Gasteiger partial charge in [0.05, 0.1) is 17.4 Å². The zero-order valence-electron chi connectivity index (χ0n) is 15.3. The van der Waals surface area contributed by atoms with Gasteiger partial charge in [0.15, 0.2) is 0 Å². The van der Waals surface area contributed by atoms with E-state index >= 15 is 0 Å². The van der Waals surface area contributed by atoms with Crippen molar-refractivity contribution in [2.45, 2.75) is 57.3 Å². The van der Waals surface area contributed by atoms with Crippen LogP contribution in [0.1, 0.15) is 39.0 Å². The molecule has 2 aromatic heterocycles. The van der Waals surface area contributed by atoms with Crippen LogP contribution >= 0.6 is 0 Å². The minimum absolute atomic E-state index is 0.128. The topological polar surface area (TPSA) is 83.0 Å². The van der Waals surface area contributed by atoms with Crippen LogP contribution in [0.4, 0.5) is 20.5 Å². The summed E-state index contributed by atoms with van der Waals surface area (Å²) in [7, 11) is 0. The SMILES string of the molecule is CC[C@H](F)CNc1ncc(-c2cccc(F)n2)c(NC2CCC(O)CC2)n1. The van der Waals surface area contributed by atoms with Crippen molar-refractivity contribution in [2.24, 2.45) is 0 Å². The molecule has 1 fully saturated rings. The Morgan fingerprint density at radius 3 is 2.70 bits per heavy atom. The van der Waals surface area contributed by atoms with Crippen molar-refractivity contribution in [2.75, 3.05) is 17.2 Å². The van der Waals surface area contributed by atoms with E-state index in [0.717, 1.165) is 25.7 Å². The van der Waals surface area contributed by atoms with Crippen LogP contribution in [0, 0.1) is 5.95 Å². The van der Waals surface area contributed by atoms with Crippen molar-refractivity contribution in [3.8, 4) is 11.3 Å². The molecule has 0 aromatic carbocycles. The number of rotatable bonds is 7. The van der Waals surface area contributed by atoms with Gasteiger partial charge in [-0.1, -0.05) is 13.0 Å². The lowest BCUT2D eigenvalue weighted by molar-refractivity contribution is 0.126. The molecule has 0 unspecified atom stereocenters. The van der Waals surface area contributed by atoms with Crippen molar-refractivity contribution < 1.29 is 13.9 Å². The largest absolute Gasteiger partial charge is 0.393 e. The molecule has 1 atom stereocenters. The summed E-state index contributed by atoms with van der Waals surface area (Å²) < 4.78 is 27.1. The summed E-state index contributed by atoms with van der Waals surface area (Å²) in [5.41, 5.74) is 1.01. The molecule has 2 heterocycles. The summed E-state index contributed by atoms with van der Waals surface area (Å²) in [4.78, 5) is 12.6. The van der Waals surface area contributed by atoms with Gasteiger partial charge in [-0.15, -0.1) is 0 Å². The average molecular weight is 377 g/mol. The second-order valence-electron chi connectivity index (χ2n) is 6.84. The molecule has 1 saturated carbocycles. The average Bonchev–Trinajstić information content (AvgIpc) is 2.68. The number of nitrogens with zero attached hydrogens (tertiary/aromatic N) is 3. The Bertz CT molecular complexity index is 753. The van der Waals surface area contributed by atoms with Crippen molar-refractivity contribution in [3.63, 3.8) is 0 Å². The van der Waals surface area contributed by atoms with Gasteiger partial charge < -0.3 is 15.7 Å². The van der Waals surface area contributed by atoms with Crippen LogP contribution in [0.3, 0.4) is 0 Å². The van der Waals surface area contributed by atoms with Crippen molar-refractivity contribution in [3.05, 3.63) is 30.3 Å². The summed E-state index contributed by atoms with van der Waals surface area (Å²) in [5, 5.41) is 16.0. The quantitative estimate of drug-likeness (QED) is 0.640. The third kappa shape index (κ3) is 5.32. The molecule has 6 nitrogen and oxygen atoms in total. The Kier molecular flexibility index (Phi) is 6.49. The van der Waals surface area contributed by atoms with Crippen molar-refractivity contribution in [1.29, 1.82) is 0 Å². The smallest absolute Gasteiger partial charge is 0.224 e. The standard InChI is InChI=1S/C19H25F2N5O/c1-2-12(20)10-22-19-23-11-15(16-4-3-5-17(21)25-16)18(26-19)24-13-6-8-14(27)9-7-13/h3-5,11-14,27H,2,6-10H2,1H3,(H2,22,23,24,26)/t12-,13?,14?/m0/s1. The number of nitrogens with one attached hydrogen (secondary N) is 2. The highest BCUT2D eigenvalue weighted by molar-refractivity contribution is 5.72. The fraction of sp³-hybridized carbons (Fsp3) is 0.526. The van der Waals surface area contributed by atoms with Gasteiger partial charge in [-0.3, -0.25) is 0 Å². The number of pyridine rings is 1. The first-order valence-corrected chi connectivity index (χ1v) is 9.37. The molecule has 0 bridgehead atoms. The molecule has 1 aliphatic rings. The molecule has 0 amide bonds. The van der Waals surface area contributed by atoms with Gasteiger partial charge in [0, 0.05) is 18.8 Å². The summed E-state index contributed by atoms with van der Waals surface area (Å²) in [5.74, 6) is 0.258. The number of hydrogen-bond acceptors (Lipinski definition) is 6. The van der Waals surface area contributed by atoms with Crippen molar-refractivity contribution >= 4 is 11.8 Å². The molecule has 1 aliphatic carbocycles. The van der Waals surface area contributed by atoms with E-state index in [9.17, 15) is 13.9 Å². The molecule has 0 spiro atoms. The number of halogens is 2. The van der Waals surface area contributed by atoms with E-state index in [-0.39, 0.29) is 18.7 Å². The maximum absolute atomic E-state index is 13.6. The third-order valence-electron chi connectivity index (χ3n) is 4.74. The zero-order valence-corrected chi connectivity index (χ0v) is 15.3. The first kappa shape index (κ1) is 19.4. The summed E-state index contributed by atoms with van der Waals surface area (Å²) >= 11 is 0. The van der Waals surface area contributed by atoms with Gasteiger partial charge in [0.25, 0.3) is 0 Å². The van der Waals surface area contributed by atoms with Gasteiger partial charge >= 0.3 is 0 Å². The van der Waals surface area contributed by atoms with Crippen LogP contribution in [0.2, 0.25) is 0 Å². The number of aliphatic hydroxyl groups excluding tert-OH is 1. The molecular formula is C19H25F2N5O. The Morgan fingerprint density at radius 2 is 2.00 bits per heavy atom. The lowest BCUT2D eigenvalue weighted by atomic mass is 9.93. The highest BCUT2D eigenvalue weighted by Gasteiger charge is 2.21. The maximum atomic E-state index is 13.6. The maximum Gasteiger partial charge on any atom is 0.224 e. The number of aromatic nitrogens is 3. The third-order valence-corrected chi connectivity index (χ3v) is 4.74. The Morgan fingerprint density at radius 1 is 1.22 bits per heavy atom. The predicted octanol–water partition coefficient (Wildman–Crippen LogP) is 3.55. The van der Waals surface area contributed by atoms with E-state index in [4.69, 9.17) is 0 Å². The monoisotopic (exact) mass is 377 g/mol. The minimum Gasteiger partial charge on any atom is -0.393 e. The highest BCUT2D eigenvalue weighted by Crippen LogP contribution is 2.29. The first-order chi connectivity index (χ1) is 13.0. The van der Waals surface area contributed by atoms with E-state index in [1.54, 1.807) is 25.3 Å². The molecule has 27 heavy (non-hydrogen) atoms. The van der Waals surface area contributed by atoms with Gasteiger partial charge in [-0.05, 0) is 44.2 Å². The fourth-order valence-corrected chi connectivity index (χ4v) is 3.08. The van der Waals surface area contributed by atoms with Crippen LogP contribution in [-0.4, -0.2) is 44.9 Å². The van der Waals surface area contributed by atoms with E-state index in [1.807, 2.05) is 0 Å². The van der Waals surface area contributed by atoms with E-state index in [2.05, 4.69) is 25.6 Å². The van der Waals surface area contributed by atoms with Gasteiger partial charge in [-0.2, -0.15) is 9.37 Å². The lowest BCUT2D eigenvalue weighted by Crippen LogP contribution is -2.29. The molecule has 0 aliphatic heterocycles. The second kappa shape index (κ2) is 9.03. The first-order valence-electron chi connectivity index (χ1n) is 9.37. The Hall–Kier alpha value is -2.35. The van der Waals surface area contributed by atoms with Crippen LogP contribution in [-0.2, 0) is 0 Å². The summed E-state index contributed by atoms with van der Waals surface area (Å²) in [6, 6.07) is 4.70. The molecule has 0 radical (unpaired) electrons. The van der Waals surface area contributed by atoms with E-state index in [0.29, 0.717) is 29.4 Å². The molecule has 0 saturated heterocycles. The van der Waals surface area contributed by atoms with Crippen LogP contribution < -0.4 is 10.6 Å². The number of aliphatic hydroxyl groups is 1. The minimum atomic E-state index is -0.977. The second-order valence-corrected chi connectivity index (χ2v) is 6.84. The predicted molar refractivity (Wildman–Crippen MR) is 101 cm³/mol. The van der Waals surface area contributed by atoms with Gasteiger partial charge in [0.1, 0.15) is 12.0 Å². The fourth-order valence-electron chi connectivity index (χ4n) is 3.08. The zero-order chi connectivity index (χ0) is 19.2. The van der Waals surface area contributed by atoms with Crippen LogP contribution in [0.15, 0.2) is 24.4 Å². The van der Waals surface area contributed by atoms with Gasteiger partial charge in [0.2, 0.25) is 11.9 Å². The molecule has 8 heteroatoms.